The van der Waals surface area contributed by atoms with Crippen molar-refractivity contribution in [2.24, 2.45) is 5.92 Å². The van der Waals surface area contributed by atoms with Gasteiger partial charge in [0.15, 0.2) is 5.13 Å². The van der Waals surface area contributed by atoms with Crippen molar-refractivity contribution in [1.82, 2.24) is 9.88 Å². The van der Waals surface area contributed by atoms with Crippen LogP contribution in [0.3, 0.4) is 0 Å². The Labute approximate surface area is 123 Å². The standard InChI is InChI=1S/C14H21N3O2S/c1-17-6-4-9(5-7-17)8-15-14-16-12-10(13(18)19)2-3-11(12)20-14/h9-10H,2-8H2,1H3,(H,15,16)(H,18,19). The summed E-state index contributed by atoms with van der Waals surface area (Å²) < 4.78 is 0. The van der Waals surface area contributed by atoms with Crippen molar-refractivity contribution in [3.63, 3.8) is 0 Å². The van der Waals surface area contributed by atoms with E-state index in [-0.39, 0.29) is 5.92 Å². The molecule has 1 fully saturated rings. The summed E-state index contributed by atoms with van der Waals surface area (Å²) in [5.41, 5.74) is 0.799. The Morgan fingerprint density at radius 3 is 2.90 bits per heavy atom. The number of nitrogens with zero attached hydrogens (tertiary/aromatic N) is 2. The Morgan fingerprint density at radius 2 is 2.20 bits per heavy atom. The van der Waals surface area contributed by atoms with Crippen LogP contribution < -0.4 is 5.32 Å². The Kier molecular flexibility index (Phi) is 3.94. The number of piperidine rings is 1. The number of carbonyl (C=O) groups is 1. The molecule has 1 saturated heterocycles. The molecule has 0 saturated carbocycles. The van der Waals surface area contributed by atoms with Crippen molar-refractivity contribution < 1.29 is 9.90 Å². The number of anilines is 1. The number of fused-ring (bicyclic) bond motifs is 1. The molecule has 1 aliphatic carbocycles. The lowest BCUT2D eigenvalue weighted by Crippen LogP contribution is -2.32. The minimum Gasteiger partial charge on any atom is -0.481 e. The molecule has 2 heterocycles. The third-order valence-electron chi connectivity index (χ3n) is 4.40. The Morgan fingerprint density at radius 1 is 1.45 bits per heavy atom. The lowest BCUT2D eigenvalue weighted by Gasteiger charge is -2.28. The molecule has 2 aliphatic rings. The second-order valence-corrected chi connectivity index (χ2v) is 6.97. The average Bonchev–Trinajstić information content (AvgIpc) is 2.97. The van der Waals surface area contributed by atoms with E-state index in [9.17, 15) is 4.79 Å². The summed E-state index contributed by atoms with van der Waals surface area (Å²) in [4.78, 5) is 19.2. The monoisotopic (exact) mass is 295 g/mol. The summed E-state index contributed by atoms with van der Waals surface area (Å²) >= 11 is 1.64. The molecule has 5 nitrogen and oxygen atoms in total. The average molecular weight is 295 g/mol. The predicted octanol–water partition coefficient (Wildman–Crippen LogP) is 2.01. The van der Waals surface area contributed by atoms with Gasteiger partial charge >= 0.3 is 5.97 Å². The van der Waals surface area contributed by atoms with Gasteiger partial charge in [0.05, 0.1) is 5.69 Å². The van der Waals surface area contributed by atoms with Gasteiger partial charge in [0, 0.05) is 11.4 Å². The molecule has 1 aliphatic heterocycles. The zero-order valence-corrected chi connectivity index (χ0v) is 12.6. The second-order valence-electron chi connectivity index (χ2n) is 5.88. The maximum atomic E-state index is 11.1. The summed E-state index contributed by atoms with van der Waals surface area (Å²) in [5, 5.41) is 13.5. The molecular formula is C14H21N3O2S. The molecule has 1 aromatic rings. The maximum Gasteiger partial charge on any atom is 0.312 e. The van der Waals surface area contributed by atoms with E-state index in [1.165, 1.54) is 25.9 Å². The number of likely N-dealkylation sites (tertiary alicyclic amines) is 1. The van der Waals surface area contributed by atoms with Crippen molar-refractivity contribution in [3.05, 3.63) is 10.6 Å². The van der Waals surface area contributed by atoms with Crippen molar-refractivity contribution in [3.8, 4) is 0 Å². The Hall–Kier alpha value is -1.14. The van der Waals surface area contributed by atoms with E-state index >= 15 is 0 Å². The highest BCUT2D eigenvalue weighted by Gasteiger charge is 2.32. The Bertz CT molecular complexity index is 495. The number of aromatic nitrogens is 1. The lowest BCUT2D eigenvalue weighted by molar-refractivity contribution is -0.138. The number of carboxylic acids is 1. The maximum absolute atomic E-state index is 11.1. The topological polar surface area (TPSA) is 65.5 Å². The zero-order valence-electron chi connectivity index (χ0n) is 11.8. The molecule has 6 heteroatoms. The molecule has 1 unspecified atom stereocenters. The minimum atomic E-state index is -0.740. The van der Waals surface area contributed by atoms with E-state index in [1.807, 2.05) is 0 Å². The van der Waals surface area contributed by atoms with Gasteiger partial charge in [-0.05, 0) is 51.7 Å². The minimum absolute atomic E-state index is 0.389. The fourth-order valence-electron chi connectivity index (χ4n) is 3.04. The van der Waals surface area contributed by atoms with Crippen molar-refractivity contribution in [2.75, 3.05) is 32.0 Å². The molecule has 1 aromatic heterocycles. The van der Waals surface area contributed by atoms with Gasteiger partial charge in [-0.15, -0.1) is 11.3 Å². The van der Waals surface area contributed by atoms with Crippen LogP contribution in [0, 0.1) is 5.92 Å². The summed E-state index contributed by atoms with van der Waals surface area (Å²) in [5.74, 6) is -0.420. The molecular weight excluding hydrogens is 274 g/mol. The highest BCUT2D eigenvalue weighted by Crippen LogP contribution is 2.38. The van der Waals surface area contributed by atoms with Crippen LogP contribution in [0.5, 0.6) is 0 Å². The molecule has 0 radical (unpaired) electrons. The van der Waals surface area contributed by atoms with Gasteiger partial charge in [-0.2, -0.15) is 0 Å². The van der Waals surface area contributed by atoms with Crippen LogP contribution in [0.2, 0.25) is 0 Å². The number of aryl methyl sites for hydroxylation is 1. The summed E-state index contributed by atoms with van der Waals surface area (Å²) in [6.45, 7) is 3.29. The fraction of sp³-hybridized carbons (Fsp3) is 0.714. The van der Waals surface area contributed by atoms with Crippen LogP contribution in [0.25, 0.3) is 0 Å². The van der Waals surface area contributed by atoms with E-state index in [0.717, 1.165) is 28.7 Å². The second kappa shape index (κ2) is 5.69. The van der Waals surface area contributed by atoms with Crippen molar-refractivity contribution >= 4 is 22.4 Å². The largest absolute Gasteiger partial charge is 0.481 e. The quantitative estimate of drug-likeness (QED) is 0.889. The molecule has 20 heavy (non-hydrogen) atoms. The van der Waals surface area contributed by atoms with Crippen LogP contribution in [0.15, 0.2) is 0 Å². The van der Waals surface area contributed by atoms with E-state index in [4.69, 9.17) is 5.11 Å². The zero-order chi connectivity index (χ0) is 14.1. The molecule has 0 spiro atoms. The number of aliphatic carboxylic acids is 1. The van der Waals surface area contributed by atoms with E-state index < -0.39 is 5.97 Å². The number of hydrogen-bond donors (Lipinski definition) is 2. The first-order valence-corrected chi connectivity index (χ1v) is 8.10. The van der Waals surface area contributed by atoms with Crippen LogP contribution >= 0.6 is 11.3 Å². The van der Waals surface area contributed by atoms with Gasteiger partial charge in [-0.3, -0.25) is 4.79 Å². The van der Waals surface area contributed by atoms with Crippen LogP contribution in [0.4, 0.5) is 5.13 Å². The molecule has 2 N–H and O–H groups in total. The highest BCUT2D eigenvalue weighted by atomic mass is 32.1. The predicted molar refractivity (Wildman–Crippen MR) is 79.5 cm³/mol. The van der Waals surface area contributed by atoms with Gasteiger partial charge in [-0.25, -0.2) is 4.98 Å². The van der Waals surface area contributed by atoms with Gasteiger partial charge < -0.3 is 15.3 Å². The molecule has 0 bridgehead atoms. The first kappa shape index (κ1) is 13.8. The SMILES string of the molecule is CN1CCC(CNc2nc3c(s2)CCC3C(=O)O)CC1. The van der Waals surface area contributed by atoms with Gasteiger partial charge in [0.25, 0.3) is 0 Å². The number of carboxylic acid groups (broad SMARTS) is 1. The third-order valence-corrected chi connectivity index (χ3v) is 5.48. The van der Waals surface area contributed by atoms with E-state index in [1.54, 1.807) is 11.3 Å². The first-order valence-electron chi connectivity index (χ1n) is 7.28. The van der Waals surface area contributed by atoms with Crippen LogP contribution in [0.1, 0.15) is 35.8 Å². The van der Waals surface area contributed by atoms with Gasteiger partial charge in [0.2, 0.25) is 0 Å². The first-order chi connectivity index (χ1) is 9.63. The number of thiazole rings is 1. The summed E-state index contributed by atoms with van der Waals surface area (Å²) in [6, 6.07) is 0. The Balaban J connectivity index is 1.57. The molecule has 0 aromatic carbocycles. The number of rotatable bonds is 4. The third kappa shape index (κ3) is 2.81. The number of hydrogen-bond acceptors (Lipinski definition) is 5. The van der Waals surface area contributed by atoms with E-state index in [2.05, 4.69) is 22.2 Å². The van der Waals surface area contributed by atoms with Crippen LogP contribution in [-0.4, -0.2) is 47.6 Å². The normalized spacial score (nSPS) is 23.8. The smallest absolute Gasteiger partial charge is 0.312 e. The molecule has 110 valence electrons. The van der Waals surface area contributed by atoms with Crippen molar-refractivity contribution in [2.45, 2.75) is 31.6 Å². The van der Waals surface area contributed by atoms with Crippen molar-refractivity contribution in [1.29, 1.82) is 0 Å². The molecule has 0 amide bonds. The summed E-state index contributed by atoms with van der Waals surface area (Å²) in [7, 11) is 2.17. The van der Waals surface area contributed by atoms with Crippen LogP contribution in [-0.2, 0) is 11.2 Å². The number of nitrogens with one attached hydrogen (secondary N) is 1. The van der Waals surface area contributed by atoms with Gasteiger partial charge in [-0.1, -0.05) is 0 Å². The lowest BCUT2D eigenvalue weighted by atomic mass is 9.97. The van der Waals surface area contributed by atoms with E-state index in [0.29, 0.717) is 12.3 Å². The fourth-order valence-corrected chi connectivity index (χ4v) is 4.09. The molecule has 1 atom stereocenters. The summed E-state index contributed by atoms with van der Waals surface area (Å²) in [6.07, 6.45) is 4.03. The van der Waals surface area contributed by atoms with Gasteiger partial charge in [0.1, 0.15) is 5.92 Å². The highest BCUT2D eigenvalue weighted by molar-refractivity contribution is 7.15. The molecule has 3 rings (SSSR count).